The molecule has 0 bridgehead atoms. The molecule has 112 valence electrons. The van der Waals surface area contributed by atoms with Crippen LogP contribution in [-0.4, -0.2) is 5.78 Å². The SMILES string of the molecule is Cc1c(C(=O)c2cccc(C3CC3)c2C)cccc1C1CC1. The molecular weight excluding hydrogens is 268 g/mol. The first-order chi connectivity index (χ1) is 10.7. The molecule has 1 nitrogen and oxygen atoms in total. The Labute approximate surface area is 132 Å². The largest absolute Gasteiger partial charge is 0.289 e. The zero-order valence-electron chi connectivity index (χ0n) is 13.4. The highest BCUT2D eigenvalue weighted by molar-refractivity contribution is 6.11. The van der Waals surface area contributed by atoms with Gasteiger partial charge in [0.05, 0.1) is 0 Å². The van der Waals surface area contributed by atoms with Crippen LogP contribution in [0.25, 0.3) is 0 Å². The van der Waals surface area contributed by atoms with E-state index >= 15 is 0 Å². The summed E-state index contributed by atoms with van der Waals surface area (Å²) in [4.78, 5) is 13.1. The molecule has 0 amide bonds. The van der Waals surface area contributed by atoms with Crippen LogP contribution in [0.5, 0.6) is 0 Å². The van der Waals surface area contributed by atoms with Crippen molar-refractivity contribution in [2.45, 2.75) is 51.4 Å². The first-order valence-corrected chi connectivity index (χ1v) is 8.40. The second-order valence-corrected chi connectivity index (χ2v) is 6.92. The van der Waals surface area contributed by atoms with Crippen molar-refractivity contribution in [2.75, 3.05) is 0 Å². The number of hydrogen-bond acceptors (Lipinski definition) is 1. The zero-order valence-corrected chi connectivity index (χ0v) is 13.4. The van der Waals surface area contributed by atoms with Gasteiger partial charge in [-0.15, -0.1) is 0 Å². The lowest BCUT2D eigenvalue weighted by atomic mass is 9.90. The predicted molar refractivity (Wildman–Crippen MR) is 89.7 cm³/mol. The molecule has 2 aliphatic carbocycles. The van der Waals surface area contributed by atoms with Crippen LogP contribution in [-0.2, 0) is 0 Å². The molecule has 4 rings (SSSR count). The molecule has 0 unspecified atom stereocenters. The quantitative estimate of drug-likeness (QED) is 0.699. The summed E-state index contributed by atoms with van der Waals surface area (Å²) < 4.78 is 0. The third-order valence-corrected chi connectivity index (χ3v) is 5.27. The van der Waals surface area contributed by atoms with Gasteiger partial charge in [0.25, 0.3) is 0 Å². The van der Waals surface area contributed by atoms with Crippen LogP contribution >= 0.6 is 0 Å². The highest BCUT2D eigenvalue weighted by Crippen LogP contribution is 2.43. The lowest BCUT2D eigenvalue weighted by Crippen LogP contribution is -2.08. The third-order valence-electron chi connectivity index (χ3n) is 5.27. The number of rotatable bonds is 4. The van der Waals surface area contributed by atoms with Crippen molar-refractivity contribution in [1.82, 2.24) is 0 Å². The van der Waals surface area contributed by atoms with E-state index < -0.39 is 0 Å². The summed E-state index contributed by atoms with van der Waals surface area (Å²) in [5.41, 5.74) is 6.90. The molecule has 0 spiro atoms. The maximum atomic E-state index is 13.1. The van der Waals surface area contributed by atoms with Crippen LogP contribution in [0.15, 0.2) is 36.4 Å². The summed E-state index contributed by atoms with van der Waals surface area (Å²) in [5, 5.41) is 0. The van der Waals surface area contributed by atoms with E-state index in [-0.39, 0.29) is 5.78 Å². The first kappa shape index (κ1) is 13.8. The Balaban J connectivity index is 1.76. The van der Waals surface area contributed by atoms with Crippen LogP contribution in [0.4, 0.5) is 0 Å². The fourth-order valence-corrected chi connectivity index (χ4v) is 3.62. The summed E-state index contributed by atoms with van der Waals surface area (Å²) in [5.74, 6) is 1.57. The second kappa shape index (κ2) is 5.08. The number of ketones is 1. The standard InChI is InChI=1S/C21H22O/c1-13-17(15-9-10-15)5-3-7-19(13)21(22)20-8-4-6-18(14(20)2)16-11-12-16/h3-8,15-16H,9-12H2,1-2H3. The summed E-state index contributed by atoms with van der Waals surface area (Å²) >= 11 is 0. The topological polar surface area (TPSA) is 17.1 Å². The van der Waals surface area contributed by atoms with E-state index in [9.17, 15) is 4.79 Å². The molecule has 0 aromatic heterocycles. The molecule has 22 heavy (non-hydrogen) atoms. The van der Waals surface area contributed by atoms with Crippen LogP contribution < -0.4 is 0 Å². The van der Waals surface area contributed by atoms with Crippen LogP contribution in [0, 0.1) is 13.8 Å². The van der Waals surface area contributed by atoms with Gasteiger partial charge in [0, 0.05) is 11.1 Å². The van der Waals surface area contributed by atoms with Gasteiger partial charge in [-0.1, -0.05) is 36.4 Å². The fourth-order valence-electron chi connectivity index (χ4n) is 3.62. The lowest BCUT2D eigenvalue weighted by Gasteiger charge is -2.13. The van der Waals surface area contributed by atoms with E-state index in [1.54, 1.807) is 0 Å². The van der Waals surface area contributed by atoms with Crippen LogP contribution in [0.3, 0.4) is 0 Å². The Kier molecular flexibility index (Phi) is 3.18. The van der Waals surface area contributed by atoms with Crippen LogP contribution in [0.2, 0.25) is 0 Å². The number of carbonyl (C=O) groups excluding carboxylic acids is 1. The minimum Gasteiger partial charge on any atom is -0.289 e. The summed E-state index contributed by atoms with van der Waals surface area (Å²) in [7, 11) is 0. The van der Waals surface area contributed by atoms with E-state index in [4.69, 9.17) is 0 Å². The number of carbonyl (C=O) groups is 1. The van der Waals surface area contributed by atoms with Gasteiger partial charge in [0.2, 0.25) is 0 Å². The van der Waals surface area contributed by atoms with Gasteiger partial charge in [0.1, 0.15) is 0 Å². The van der Waals surface area contributed by atoms with E-state index in [1.807, 2.05) is 24.3 Å². The first-order valence-electron chi connectivity index (χ1n) is 8.40. The van der Waals surface area contributed by atoms with E-state index in [0.717, 1.165) is 11.1 Å². The van der Waals surface area contributed by atoms with Crippen molar-refractivity contribution in [3.63, 3.8) is 0 Å². The molecule has 0 N–H and O–H groups in total. The molecule has 2 fully saturated rings. The molecule has 0 saturated heterocycles. The van der Waals surface area contributed by atoms with Gasteiger partial charge in [-0.25, -0.2) is 0 Å². The van der Waals surface area contributed by atoms with Crippen LogP contribution in [0.1, 0.15) is 75.7 Å². The molecule has 0 aliphatic heterocycles. The second-order valence-electron chi connectivity index (χ2n) is 6.92. The molecule has 2 aromatic carbocycles. The predicted octanol–water partition coefficient (Wildman–Crippen LogP) is 5.29. The molecular formula is C21H22O. The molecule has 2 aliphatic rings. The van der Waals surface area contributed by atoms with E-state index in [1.165, 1.54) is 47.9 Å². The molecule has 2 saturated carbocycles. The average molecular weight is 290 g/mol. The number of hydrogen-bond donors (Lipinski definition) is 0. The number of benzene rings is 2. The normalized spacial score (nSPS) is 17.5. The van der Waals surface area contributed by atoms with Gasteiger partial charge >= 0.3 is 0 Å². The minimum atomic E-state index is 0.194. The Morgan fingerprint density at radius 3 is 1.55 bits per heavy atom. The maximum Gasteiger partial charge on any atom is 0.193 e. The summed E-state index contributed by atoms with van der Waals surface area (Å²) in [6.07, 6.45) is 5.09. The summed E-state index contributed by atoms with van der Waals surface area (Å²) in [6, 6.07) is 12.5. The van der Waals surface area contributed by atoms with E-state index in [0.29, 0.717) is 11.8 Å². The Hall–Kier alpha value is -1.89. The van der Waals surface area contributed by atoms with Gasteiger partial charge in [-0.3, -0.25) is 4.79 Å². The van der Waals surface area contributed by atoms with Crippen molar-refractivity contribution in [2.24, 2.45) is 0 Å². The third kappa shape index (κ3) is 2.29. The fraction of sp³-hybridized carbons (Fsp3) is 0.381. The van der Waals surface area contributed by atoms with Crippen molar-refractivity contribution >= 4 is 5.78 Å². The molecule has 1 heteroatoms. The van der Waals surface area contributed by atoms with Crippen molar-refractivity contribution in [3.8, 4) is 0 Å². The van der Waals surface area contributed by atoms with E-state index in [2.05, 4.69) is 26.0 Å². The maximum absolute atomic E-state index is 13.1. The van der Waals surface area contributed by atoms with Crippen molar-refractivity contribution in [1.29, 1.82) is 0 Å². The zero-order chi connectivity index (χ0) is 15.3. The smallest absolute Gasteiger partial charge is 0.193 e. The molecule has 2 aromatic rings. The Morgan fingerprint density at radius 1 is 0.773 bits per heavy atom. The van der Waals surface area contributed by atoms with Crippen molar-refractivity contribution < 1.29 is 4.79 Å². The van der Waals surface area contributed by atoms with Gasteiger partial charge in [-0.2, -0.15) is 0 Å². The van der Waals surface area contributed by atoms with Gasteiger partial charge in [-0.05, 0) is 73.6 Å². The van der Waals surface area contributed by atoms with Gasteiger partial charge < -0.3 is 0 Å². The minimum absolute atomic E-state index is 0.194. The molecule has 0 atom stereocenters. The lowest BCUT2D eigenvalue weighted by molar-refractivity contribution is 0.103. The Bertz CT molecular complexity index is 685. The van der Waals surface area contributed by atoms with Gasteiger partial charge in [0.15, 0.2) is 5.78 Å². The van der Waals surface area contributed by atoms with Crippen molar-refractivity contribution in [3.05, 3.63) is 69.8 Å². The Morgan fingerprint density at radius 2 is 1.18 bits per heavy atom. The molecule has 0 radical (unpaired) electrons. The molecule has 0 heterocycles. The average Bonchev–Trinajstić information content (AvgIpc) is 3.39. The monoisotopic (exact) mass is 290 g/mol. The highest BCUT2D eigenvalue weighted by atomic mass is 16.1. The summed E-state index contributed by atoms with van der Waals surface area (Å²) in [6.45, 7) is 4.22. The highest BCUT2D eigenvalue weighted by Gasteiger charge is 2.29.